The molecule has 0 radical (unpaired) electrons. The summed E-state index contributed by atoms with van der Waals surface area (Å²) in [5, 5.41) is 0. The van der Waals surface area contributed by atoms with Crippen molar-refractivity contribution < 1.29 is 9.13 Å². The van der Waals surface area contributed by atoms with Crippen molar-refractivity contribution in [2.75, 3.05) is 7.11 Å². The van der Waals surface area contributed by atoms with Crippen molar-refractivity contribution >= 4 is 22.6 Å². The van der Waals surface area contributed by atoms with E-state index in [1.807, 2.05) is 22.6 Å². The molecule has 10 heavy (non-hydrogen) atoms. The minimum atomic E-state index is -0.760. The smallest absolute Gasteiger partial charge is 0.312 e. The van der Waals surface area contributed by atoms with Gasteiger partial charge >= 0.3 is 6.08 Å². The highest BCUT2D eigenvalue weighted by Gasteiger charge is 1.99. The van der Waals surface area contributed by atoms with Gasteiger partial charge in [-0.15, -0.1) is 0 Å². The van der Waals surface area contributed by atoms with Crippen LogP contribution in [-0.2, 0) is 0 Å². The minimum Gasteiger partial charge on any atom is -0.481 e. The lowest BCUT2D eigenvalue weighted by Crippen LogP contribution is -1.95. The van der Waals surface area contributed by atoms with Gasteiger partial charge in [-0.05, 0) is 22.6 Å². The maximum absolute atomic E-state index is 12.3. The van der Waals surface area contributed by atoms with Crippen LogP contribution in [0.15, 0.2) is 6.07 Å². The molecule has 0 atom stereocenters. The summed E-state index contributed by atoms with van der Waals surface area (Å²) in [6.45, 7) is 0. The Kier molecular flexibility index (Phi) is 2.36. The van der Waals surface area contributed by atoms with Crippen LogP contribution >= 0.6 is 22.6 Å². The van der Waals surface area contributed by atoms with Crippen molar-refractivity contribution in [1.29, 1.82) is 0 Å². The van der Waals surface area contributed by atoms with Gasteiger partial charge in [0, 0.05) is 6.07 Å². The number of nitrogens with zero attached hydrogens (tertiary/aromatic N) is 2. The quantitative estimate of drug-likeness (QED) is 0.429. The summed E-state index contributed by atoms with van der Waals surface area (Å²) in [5.74, 6) is 0.247. The topological polar surface area (TPSA) is 35.0 Å². The first-order valence-corrected chi connectivity index (χ1v) is 3.54. The highest BCUT2D eigenvalue weighted by molar-refractivity contribution is 14.1. The summed E-state index contributed by atoms with van der Waals surface area (Å²) in [6.07, 6.45) is -0.760. The number of aromatic nitrogens is 2. The Hall–Kier alpha value is -0.460. The molecule has 0 aliphatic carbocycles. The Morgan fingerprint density at radius 3 is 2.80 bits per heavy atom. The fraction of sp³-hybridized carbons (Fsp3) is 0.200. The second kappa shape index (κ2) is 3.09. The molecule has 1 heterocycles. The normalized spacial score (nSPS) is 9.50. The first-order chi connectivity index (χ1) is 4.72. The molecule has 0 fully saturated rings. The Balaban J connectivity index is 3.06. The number of hydrogen-bond acceptors (Lipinski definition) is 3. The standard InChI is InChI=1S/C5H4FIN2O/c1-10-4-2-3(7)8-5(6)9-4/h2H,1H3. The molecule has 0 aliphatic heterocycles. The van der Waals surface area contributed by atoms with Gasteiger partial charge in [0.25, 0.3) is 0 Å². The van der Waals surface area contributed by atoms with Crippen LogP contribution in [0.1, 0.15) is 0 Å². The number of halogens is 2. The van der Waals surface area contributed by atoms with E-state index in [2.05, 4.69) is 14.7 Å². The van der Waals surface area contributed by atoms with Crippen LogP contribution in [0.25, 0.3) is 0 Å². The molecule has 0 saturated carbocycles. The monoisotopic (exact) mass is 254 g/mol. The van der Waals surface area contributed by atoms with Gasteiger partial charge in [0.2, 0.25) is 5.88 Å². The molecule has 3 nitrogen and oxygen atoms in total. The van der Waals surface area contributed by atoms with Crippen LogP contribution in [0.4, 0.5) is 4.39 Å². The molecular formula is C5H4FIN2O. The molecule has 0 aromatic carbocycles. The average molecular weight is 254 g/mol. The van der Waals surface area contributed by atoms with Gasteiger partial charge in [0.15, 0.2) is 0 Å². The molecular weight excluding hydrogens is 250 g/mol. The lowest BCUT2D eigenvalue weighted by Gasteiger charge is -1.96. The third-order valence-corrected chi connectivity index (χ3v) is 1.41. The predicted octanol–water partition coefficient (Wildman–Crippen LogP) is 1.23. The Bertz CT molecular complexity index is 223. The maximum atomic E-state index is 12.3. The van der Waals surface area contributed by atoms with Crippen LogP contribution in [0.3, 0.4) is 0 Å². The van der Waals surface area contributed by atoms with Gasteiger partial charge in [0.05, 0.1) is 7.11 Å². The van der Waals surface area contributed by atoms with Gasteiger partial charge in [-0.3, -0.25) is 0 Å². The van der Waals surface area contributed by atoms with Crippen molar-refractivity contribution in [1.82, 2.24) is 9.97 Å². The molecule has 0 amide bonds. The largest absolute Gasteiger partial charge is 0.481 e. The number of ether oxygens (including phenoxy) is 1. The van der Waals surface area contributed by atoms with Gasteiger partial charge in [-0.25, -0.2) is 0 Å². The molecule has 0 spiro atoms. The van der Waals surface area contributed by atoms with Crippen LogP contribution in [0.5, 0.6) is 5.88 Å². The number of methoxy groups -OCH3 is 1. The fourth-order valence-electron chi connectivity index (χ4n) is 0.475. The van der Waals surface area contributed by atoms with E-state index < -0.39 is 6.08 Å². The zero-order chi connectivity index (χ0) is 7.56. The first kappa shape index (κ1) is 7.64. The summed E-state index contributed by atoms with van der Waals surface area (Å²) in [7, 11) is 1.43. The number of rotatable bonds is 1. The molecule has 0 aliphatic rings. The summed E-state index contributed by atoms with van der Waals surface area (Å²) < 4.78 is 17.5. The second-order valence-corrected chi connectivity index (χ2v) is 2.61. The van der Waals surface area contributed by atoms with Crippen molar-refractivity contribution in [3.8, 4) is 5.88 Å². The molecule has 0 bridgehead atoms. The van der Waals surface area contributed by atoms with Gasteiger partial charge in [-0.1, -0.05) is 0 Å². The lowest BCUT2D eigenvalue weighted by atomic mass is 10.6. The third-order valence-electron chi connectivity index (χ3n) is 0.853. The summed E-state index contributed by atoms with van der Waals surface area (Å²) >= 11 is 1.88. The van der Waals surface area contributed by atoms with E-state index in [0.717, 1.165) is 0 Å². The van der Waals surface area contributed by atoms with E-state index in [4.69, 9.17) is 0 Å². The van der Waals surface area contributed by atoms with Crippen LogP contribution in [-0.4, -0.2) is 17.1 Å². The summed E-state index contributed by atoms with van der Waals surface area (Å²) in [6, 6.07) is 1.55. The fourth-order valence-corrected chi connectivity index (χ4v) is 0.941. The molecule has 1 aromatic rings. The van der Waals surface area contributed by atoms with E-state index >= 15 is 0 Å². The summed E-state index contributed by atoms with van der Waals surface area (Å²) in [4.78, 5) is 6.76. The van der Waals surface area contributed by atoms with Gasteiger partial charge in [-0.2, -0.15) is 14.4 Å². The minimum absolute atomic E-state index is 0.247. The first-order valence-electron chi connectivity index (χ1n) is 2.46. The van der Waals surface area contributed by atoms with Crippen LogP contribution in [0, 0.1) is 9.78 Å². The highest BCUT2D eigenvalue weighted by atomic mass is 127. The third kappa shape index (κ3) is 1.76. The maximum Gasteiger partial charge on any atom is 0.312 e. The SMILES string of the molecule is COc1cc(I)nc(F)n1. The van der Waals surface area contributed by atoms with Crippen LogP contribution in [0.2, 0.25) is 0 Å². The van der Waals surface area contributed by atoms with Crippen molar-refractivity contribution in [2.45, 2.75) is 0 Å². The molecule has 0 unspecified atom stereocenters. The van der Waals surface area contributed by atoms with E-state index in [-0.39, 0.29) is 5.88 Å². The van der Waals surface area contributed by atoms with Gasteiger partial charge < -0.3 is 4.74 Å². The van der Waals surface area contributed by atoms with Crippen molar-refractivity contribution in [2.24, 2.45) is 0 Å². The lowest BCUT2D eigenvalue weighted by molar-refractivity contribution is 0.381. The zero-order valence-corrected chi connectivity index (χ0v) is 7.29. The number of hydrogen-bond donors (Lipinski definition) is 0. The second-order valence-electron chi connectivity index (χ2n) is 1.50. The zero-order valence-electron chi connectivity index (χ0n) is 5.14. The molecule has 54 valence electrons. The van der Waals surface area contributed by atoms with Crippen molar-refractivity contribution in [3.05, 3.63) is 15.8 Å². The van der Waals surface area contributed by atoms with Crippen LogP contribution < -0.4 is 4.74 Å². The molecule has 5 heteroatoms. The van der Waals surface area contributed by atoms with E-state index in [0.29, 0.717) is 3.70 Å². The van der Waals surface area contributed by atoms with E-state index in [1.54, 1.807) is 6.07 Å². The molecule has 0 saturated heterocycles. The molecule has 0 N–H and O–H groups in total. The predicted molar refractivity (Wildman–Crippen MR) is 41.3 cm³/mol. The average Bonchev–Trinajstić information content (AvgIpc) is 1.85. The summed E-state index contributed by atoms with van der Waals surface area (Å²) in [5.41, 5.74) is 0. The molecule has 1 aromatic heterocycles. The van der Waals surface area contributed by atoms with Crippen molar-refractivity contribution in [3.63, 3.8) is 0 Å². The van der Waals surface area contributed by atoms with Gasteiger partial charge in [0.1, 0.15) is 3.70 Å². The Morgan fingerprint density at radius 2 is 2.30 bits per heavy atom. The molecule has 1 rings (SSSR count). The van der Waals surface area contributed by atoms with E-state index in [1.165, 1.54) is 7.11 Å². The van der Waals surface area contributed by atoms with E-state index in [9.17, 15) is 4.39 Å². The highest BCUT2D eigenvalue weighted by Crippen LogP contribution is 2.09. The Morgan fingerprint density at radius 1 is 1.60 bits per heavy atom. The Labute approximate surface area is 70.8 Å².